The number of carbonyl (C=O) groups is 1. The fraction of sp³-hybridized carbons (Fsp3) is 0.381. The zero-order valence-corrected chi connectivity index (χ0v) is 19.4. The van der Waals surface area contributed by atoms with E-state index in [9.17, 15) is 23.1 Å². The van der Waals surface area contributed by atoms with Crippen LogP contribution in [-0.2, 0) is 0 Å². The average Bonchev–Trinajstić information content (AvgIpc) is 2.62. The van der Waals surface area contributed by atoms with E-state index in [1.165, 1.54) is 12.1 Å². The summed E-state index contributed by atoms with van der Waals surface area (Å²) in [7, 11) is 0. The number of halogens is 4. The van der Waals surface area contributed by atoms with Crippen molar-refractivity contribution in [2.75, 3.05) is 11.1 Å². The lowest BCUT2D eigenvalue weighted by Gasteiger charge is -2.19. The highest BCUT2D eigenvalue weighted by Gasteiger charge is 2.29. The van der Waals surface area contributed by atoms with Crippen LogP contribution in [0.3, 0.4) is 0 Å². The molecular formula is C21H23ClF3NO2S2. The van der Waals surface area contributed by atoms with Gasteiger partial charge in [0.2, 0.25) is 0 Å². The Morgan fingerprint density at radius 2 is 1.93 bits per heavy atom. The smallest absolute Gasteiger partial charge is 0.446 e. The fourth-order valence-electron chi connectivity index (χ4n) is 2.82. The first-order valence-electron chi connectivity index (χ1n) is 9.30. The van der Waals surface area contributed by atoms with Crippen molar-refractivity contribution in [1.29, 1.82) is 0 Å². The van der Waals surface area contributed by atoms with E-state index < -0.39 is 11.4 Å². The summed E-state index contributed by atoms with van der Waals surface area (Å²) in [5.74, 6) is 0.208. The maximum atomic E-state index is 13.0. The number of nitrogens with one attached hydrogen (secondary N) is 1. The molecule has 0 unspecified atom stereocenters. The van der Waals surface area contributed by atoms with Crippen LogP contribution in [0.25, 0.3) is 0 Å². The number of benzene rings is 2. The van der Waals surface area contributed by atoms with E-state index in [1.807, 2.05) is 19.9 Å². The van der Waals surface area contributed by atoms with Gasteiger partial charge in [0.25, 0.3) is 5.91 Å². The Kier molecular flexibility index (Phi) is 8.42. The fourth-order valence-corrected chi connectivity index (χ4v) is 4.65. The Morgan fingerprint density at radius 3 is 2.47 bits per heavy atom. The van der Waals surface area contributed by atoms with E-state index >= 15 is 0 Å². The number of thioether (sulfide) groups is 2. The summed E-state index contributed by atoms with van der Waals surface area (Å²) >= 11 is 7.42. The van der Waals surface area contributed by atoms with Crippen LogP contribution >= 0.6 is 35.1 Å². The molecule has 0 aromatic heterocycles. The van der Waals surface area contributed by atoms with Crippen molar-refractivity contribution >= 4 is 46.7 Å². The van der Waals surface area contributed by atoms with E-state index in [4.69, 9.17) is 11.6 Å². The predicted octanol–water partition coefficient (Wildman–Crippen LogP) is 7.84. The summed E-state index contributed by atoms with van der Waals surface area (Å²) in [5, 5.41) is 13.3. The van der Waals surface area contributed by atoms with Crippen molar-refractivity contribution in [2.45, 2.75) is 55.3 Å². The van der Waals surface area contributed by atoms with E-state index in [2.05, 4.69) is 12.2 Å². The first kappa shape index (κ1) is 24.8. The van der Waals surface area contributed by atoms with Crippen LogP contribution in [-0.4, -0.2) is 22.3 Å². The lowest BCUT2D eigenvalue weighted by atomic mass is 9.95. The Hall–Kier alpha value is -1.51. The molecule has 2 aromatic rings. The van der Waals surface area contributed by atoms with Crippen LogP contribution in [0, 0.1) is 6.92 Å². The highest BCUT2D eigenvalue weighted by atomic mass is 35.5. The largest absolute Gasteiger partial charge is 0.507 e. The standard InChI is InChI=1S/C21H23ClF3NO2S2/c1-5-8-29-17-10-14(11(2)3)19(27)18(12(17)4)20(28)26-16-7-6-13(9-15(16)22)30-21(23,24)25/h6-7,9-11,27H,5,8H2,1-4H3,(H,26,28). The van der Waals surface area contributed by atoms with Crippen molar-refractivity contribution in [1.82, 2.24) is 0 Å². The molecule has 3 nitrogen and oxygen atoms in total. The van der Waals surface area contributed by atoms with Gasteiger partial charge in [0.05, 0.1) is 16.3 Å². The number of phenols is 1. The zero-order valence-electron chi connectivity index (χ0n) is 17.0. The van der Waals surface area contributed by atoms with Crippen molar-refractivity contribution in [3.8, 4) is 5.75 Å². The van der Waals surface area contributed by atoms with Crippen molar-refractivity contribution < 1.29 is 23.1 Å². The molecule has 2 aromatic carbocycles. The molecule has 0 saturated carbocycles. The van der Waals surface area contributed by atoms with Crippen molar-refractivity contribution in [3.05, 3.63) is 46.0 Å². The number of aromatic hydroxyl groups is 1. The third-order valence-corrected chi connectivity index (χ3v) is 6.66. The minimum absolute atomic E-state index is 0.000362. The third-order valence-electron chi connectivity index (χ3n) is 4.27. The number of phenolic OH excluding ortho intramolecular Hbond substituents is 1. The van der Waals surface area contributed by atoms with Crippen LogP contribution in [0.15, 0.2) is 34.1 Å². The lowest BCUT2D eigenvalue weighted by Crippen LogP contribution is -2.15. The molecule has 0 aliphatic heterocycles. The maximum Gasteiger partial charge on any atom is 0.446 e. The molecule has 0 radical (unpaired) electrons. The number of amides is 1. The minimum atomic E-state index is -4.43. The summed E-state index contributed by atoms with van der Waals surface area (Å²) < 4.78 is 37.6. The van der Waals surface area contributed by atoms with Gasteiger partial charge in [0.1, 0.15) is 5.75 Å². The molecule has 0 aliphatic rings. The van der Waals surface area contributed by atoms with Crippen LogP contribution in [0.2, 0.25) is 5.02 Å². The SMILES string of the molecule is CCCSc1cc(C(C)C)c(O)c(C(=O)Nc2ccc(SC(F)(F)F)cc2Cl)c1C. The summed E-state index contributed by atoms with van der Waals surface area (Å²) in [6.07, 6.45) is 0.960. The highest BCUT2D eigenvalue weighted by molar-refractivity contribution is 8.00. The van der Waals surface area contributed by atoms with Crippen molar-refractivity contribution in [2.24, 2.45) is 0 Å². The number of hydrogen-bond acceptors (Lipinski definition) is 4. The first-order valence-corrected chi connectivity index (χ1v) is 11.5. The van der Waals surface area contributed by atoms with Gasteiger partial charge in [-0.15, -0.1) is 11.8 Å². The number of carbonyl (C=O) groups excluding carboxylic acids is 1. The molecule has 0 heterocycles. The molecule has 0 fully saturated rings. The Bertz CT molecular complexity index is 933. The summed E-state index contributed by atoms with van der Waals surface area (Å²) in [6.45, 7) is 7.67. The molecule has 0 bridgehead atoms. The number of alkyl halides is 3. The van der Waals surface area contributed by atoms with Gasteiger partial charge in [-0.3, -0.25) is 4.79 Å². The number of anilines is 1. The van der Waals surface area contributed by atoms with Crippen LogP contribution < -0.4 is 5.32 Å². The average molecular weight is 478 g/mol. The molecule has 0 aliphatic carbocycles. The van der Waals surface area contributed by atoms with Gasteiger partial charge in [-0.2, -0.15) is 13.2 Å². The summed E-state index contributed by atoms with van der Waals surface area (Å²) in [5.41, 5.74) is -2.81. The van der Waals surface area contributed by atoms with E-state index in [0.29, 0.717) is 11.1 Å². The summed E-state index contributed by atoms with van der Waals surface area (Å²) in [4.78, 5) is 13.8. The van der Waals surface area contributed by atoms with Gasteiger partial charge < -0.3 is 10.4 Å². The molecule has 1 amide bonds. The first-order chi connectivity index (χ1) is 13.9. The second-order valence-electron chi connectivity index (χ2n) is 6.96. The molecule has 2 rings (SSSR count). The normalized spacial score (nSPS) is 11.8. The lowest BCUT2D eigenvalue weighted by molar-refractivity contribution is -0.0328. The molecule has 0 atom stereocenters. The Labute approximate surface area is 187 Å². The van der Waals surface area contributed by atoms with Gasteiger partial charge in [-0.1, -0.05) is 32.4 Å². The monoisotopic (exact) mass is 477 g/mol. The van der Waals surface area contributed by atoms with Gasteiger partial charge >= 0.3 is 5.51 Å². The second kappa shape index (κ2) is 10.2. The third kappa shape index (κ3) is 6.25. The second-order valence-corrected chi connectivity index (χ2v) is 9.64. The molecule has 30 heavy (non-hydrogen) atoms. The topological polar surface area (TPSA) is 49.3 Å². The molecule has 9 heteroatoms. The van der Waals surface area contributed by atoms with Crippen LogP contribution in [0.4, 0.5) is 18.9 Å². The minimum Gasteiger partial charge on any atom is -0.507 e. The summed E-state index contributed by atoms with van der Waals surface area (Å²) in [6, 6.07) is 5.61. The molecule has 0 saturated heterocycles. The maximum absolute atomic E-state index is 13.0. The van der Waals surface area contributed by atoms with E-state index in [-0.39, 0.29) is 44.6 Å². The van der Waals surface area contributed by atoms with Gasteiger partial charge in [-0.05, 0) is 72.2 Å². The quantitative estimate of drug-likeness (QED) is 0.399. The van der Waals surface area contributed by atoms with E-state index in [1.54, 1.807) is 18.7 Å². The zero-order chi connectivity index (χ0) is 22.6. The van der Waals surface area contributed by atoms with Crippen molar-refractivity contribution in [3.63, 3.8) is 0 Å². The Balaban J connectivity index is 2.39. The highest BCUT2D eigenvalue weighted by Crippen LogP contribution is 2.40. The van der Waals surface area contributed by atoms with Crippen LogP contribution in [0.1, 0.15) is 54.6 Å². The molecule has 164 valence electrons. The van der Waals surface area contributed by atoms with Gasteiger partial charge in [0.15, 0.2) is 0 Å². The molecule has 0 spiro atoms. The predicted molar refractivity (Wildman–Crippen MR) is 119 cm³/mol. The Morgan fingerprint density at radius 1 is 1.27 bits per heavy atom. The molecular weight excluding hydrogens is 455 g/mol. The van der Waals surface area contributed by atoms with E-state index in [0.717, 1.165) is 23.1 Å². The van der Waals surface area contributed by atoms with Crippen LogP contribution in [0.5, 0.6) is 5.75 Å². The molecule has 2 N–H and O–H groups in total. The number of rotatable bonds is 7. The van der Waals surface area contributed by atoms with Gasteiger partial charge in [0, 0.05) is 9.79 Å². The number of hydrogen-bond donors (Lipinski definition) is 2. The van der Waals surface area contributed by atoms with Gasteiger partial charge in [-0.25, -0.2) is 0 Å².